The Hall–Kier alpha value is -3.60. The van der Waals surface area contributed by atoms with Crippen LogP contribution in [0.1, 0.15) is 18.1 Å². The molecule has 0 bridgehead atoms. The summed E-state index contributed by atoms with van der Waals surface area (Å²) in [6, 6.07) is 27.8. The van der Waals surface area contributed by atoms with Crippen LogP contribution in [-0.2, 0) is 23.8 Å². The molecule has 1 heterocycles. The van der Waals surface area contributed by atoms with Crippen molar-refractivity contribution in [2.75, 3.05) is 6.54 Å². The van der Waals surface area contributed by atoms with E-state index in [9.17, 15) is 9.59 Å². The molecule has 0 aliphatic heterocycles. The third kappa shape index (κ3) is 3.54. The van der Waals surface area contributed by atoms with Crippen LogP contribution < -0.4 is 11.0 Å². The summed E-state index contributed by atoms with van der Waals surface area (Å²) in [5.41, 5.74) is 3.24. The maximum atomic E-state index is 12.8. The minimum Gasteiger partial charge on any atom is -0.353 e. The predicted octanol–water partition coefficient (Wildman–Crippen LogP) is 3.46. The Morgan fingerprint density at radius 2 is 1.33 bits per heavy atom. The van der Waals surface area contributed by atoms with Crippen LogP contribution in [0.25, 0.3) is 11.0 Å². The number of amides is 1. The van der Waals surface area contributed by atoms with E-state index in [1.54, 1.807) is 11.6 Å². The summed E-state index contributed by atoms with van der Waals surface area (Å²) in [6.45, 7) is 2.54. The fourth-order valence-corrected chi connectivity index (χ4v) is 3.97. The summed E-state index contributed by atoms with van der Waals surface area (Å²) in [5.74, 6) is -0.188. The largest absolute Gasteiger partial charge is 0.353 e. The van der Waals surface area contributed by atoms with E-state index in [0.717, 1.165) is 22.2 Å². The summed E-state index contributed by atoms with van der Waals surface area (Å²) in [5, 5.41) is 3.06. The van der Waals surface area contributed by atoms with Gasteiger partial charge in [-0.3, -0.25) is 13.9 Å². The van der Waals surface area contributed by atoms with Crippen molar-refractivity contribution in [1.29, 1.82) is 0 Å². The summed E-state index contributed by atoms with van der Waals surface area (Å²) in [6.07, 6.45) is 0. The molecule has 5 nitrogen and oxygen atoms in total. The van der Waals surface area contributed by atoms with E-state index in [2.05, 4.69) is 36.5 Å². The van der Waals surface area contributed by atoms with Gasteiger partial charge >= 0.3 is 5.69 Å². The lowest BCUT2D eigenvalue weighted by atomic mass is 9.76. The van der Waals surface area contributed by atoms with Crippen LogP contribution >= 0.6 is 0 Å². The maximum absolute atomic E-state index is 12.8. The van der Waals surface area contributed by atoms with Crippen LogP contribution in [0.15, 0.2) is 89.7 Å². The molecule has 1 amide bonds. The number of carbonyl (C=O) groups excluding carboxylic acids is 1. The number of hydrogen-bond acceptors (Lipinski definition) is 2. The summed E-state index contributed by atoms with van der Waals surface area (Å²) in [4.78, 5) is 25.5. The zero-order valence-corrected chi connectivity index (χ0v) is 17.2. The van der Waals surface area contributed by atoms with Gasteiger partial charge in [0.15, 0.2) is 0 Å². The molecule has 4 aromatic rings. The lowest BCUT2D eigenvalue weighted by molar-refractivity contribution is -0.121. The molecule has 4 rings (SSSR count). The second-order valence-electron chi connectivity index (χ2n) is 7.76. The normalized spacial score (nSPS) is 11.5. The molecule has 5 heteroatoms. The van der Waals surface area contributed by atoms with Crippen molar-refractivity contribution in [2.24, 2.45) is 7.05 Å². The first kappa shape index (κ1) is 19.7. The monoisotopic (exact) mass is 399 g/mol. The number of imidazole rings is 1. The third-order valence-corrected chi connectivity index (χ3v) is 5.81. The smallest absolute Gasteiger partial charge is 0.329 e. The second kappa shape index (κ2) is 8.03. The quantitative estimate of drug-likeness (QED) is 0.540. The topological polar surface area (TPSA) is 56.0 Å². The van der Waals surface area contributed by atoms with E-state index >= 15 is 0 Å². The van der Waals surface area contributed by atoms with Gasteiger partial charge in [0, 0.05) is 19.0 Å². The zero-order valence-electron chi connectivity index (χ0n) is 17.2. The molecule has 0 aliphatic carbocycles. The Bertz CT molecular complexity index is 1180. The van der Waals surface area contributed by atoms with Gasteiger partial charge in [0.2, 0.25) is 5.91 Å². The van der Waals surface area contributed by atoms with Crippen molar-refractivity contribution in [3.63, 3.8) is 0 Å². The molecular weight excluding hydrogens is 374 g/mol. The fourth-order valence-electron chi connectivity index (χ4n) is 3.97. The summed E-state index contributed by atoms with van der Waals surface area (Å²) < 4.78 is 3.09. The van der Waals surface area contributed by atoms with Gasteiger partial charge < -0.3 is 5.32 Å². The Morgan fingerprint density at radius 3 is 1.90 bits per heavy atom. The first-order valence-corrected chi connectivity index (χ1v) is 10.0. The van der Waals surface area contributed by atoms with Crippen molar-refractivity contribution in [3.05, 3.63) is 107 Å². The van der Waals surface area contributed by atoms with Crippen molar-refractivity contribution < 1.29 is 4.79 Å². The highest BCUT2D eigenvalue weighted by molar-refractivity contribution is 5.81. The van der Waals surface area contributed by atoms with Gasteiger partial charge in [0.05, 0.1) is 11.0 Å². The van der Waals surface area contributed by atoms with Crippen LogP contribution in [0.3, 0.4) is 0 Å². The Balaban J connectivity index is 1.59. The van der Waals surface area contributed by atoms with Gasteiger partial charge in [-0.25, -0.2) is 4.79 Å². The lowest BCUT2D eigenvalue weighted by Gasteiger charge is -2.31. The van der Waals surface area contributed by atoms with Crippen molar-refractivity contribution >= 4 is 16.9 Å². The molecule has 0 saturated carbocycles. The standard InChI is InChI=1S/C25H25N3O2/c1-25(19-11-5-3-6-12-19,20-13-7-4-8-14-20)18-26-23(29)17-28-22-16-10-9-15-21(22)27(2)24(28)30/h3-16H,17-18H2,1-2H3,(H,26,29). The molecule has 0 atom stereocenters. The number of benzene rings is 3. The number of nitrogens with one attached hydrogen (secondary N) is 1. The van der Waals surface area contributed by atoms with Gasteiger partial charge in [0.25, 0.3) is 0 Å². The SMILES string of the molecule is Cn1c(=O)n(CC(=O)NCC(C)(c2ccccc2)c2ccccc2)c2ccccc21. The highest BCUT2D eigenvalue weighted by Crippen LogP contribution is 2.31. The van der Waals surface area contributed by atoms with Gasteiger partial charge in [-0.15, -0.1) is 0 Å². The molecule has 3 aromatic carbocycles. The molecule has 0 spiro atoms. The number of aromatic nitrogens is 2. The number of fused-ring (bicyclic) bond motifs is 1. The molecule has 0 radical (unpaired) electrons. The van der Waals surface area contributed by atoms with Crippen molar-refractivity contribution in [3.8, 4) is 0 Å². The number of rotatable bonds is 6. The predicted molar refractivity (Wildman–Crippen MR) is 120 cm³/mol. The van der Waals surface area contributed by atoms with Crippen LogP contribution in [-0.4, -0.2) is 21.6 Å². The fraction of sp³-hybridized carbons (Fsp3) is 0.200. The Morgan fingerprint density at radius 1 is 0.833 bits per heavy atom. The van der Waals surface area contributed by atoms with E-state index in [4.69, 9.17) is 0 Å². The second-order valence-corrected chi connectivity index (χ2v) is 7.76. The molecule has 30 heavy (non-hydrogen) atoms. The summed E-state index contributed by atoms with van der Waals surface area (Å²) >= 11 is 0. The molecule has 1 aromatic heterocycles. The Kier molecular flexibility index (Phi) is 5.27. The van der Waals surface area contributed by atoms with Crippen LogP contribution in [0, 0.1) is 0 Å². The molecular formula is C25H25N3O2. The molecule has 0 aliphatic rings. The van der Waals surface area contributed by atoms with E-state index < -0.39 is 0 Å². The van der Waals surface area contributed by atoms with Gasteiger partial charge in [-0.1, -0.05) is 72.8 Å². The molecule has 0 saturated heterocycles. The number of aryl methyl sites for hydroxylation is 1. The zero-order chi connectivity index (χ0) is 21.1. The third-order valence-electron chi connectivity index (χ3n) is 5.81. The molecule has 0 unspecified atom stereocenters. The van der Waals surface area contributed by atoms with E-state index in [1.807, 2.05) is 60.7 Å². The van der Waals surface area contributed by atoms with E-state index in [1.165, 1.54) is 4.57 Å². The number of hydrogen-bond donors (Lipinski definition) is 1. The van der Waals surface area contributed by atoms with E-state index in [0.29, 0.717) is 6.54 Å². The minimum atomic E-state index is -0.387. The van der Waals surface area contributed by atoms with Crippen molar-refractivity contribution in [1.82, 2.24) is 14.5 Å². The summed E-state index contributed by atoms with van der Waals surface area (Å²) in [7, 11) is 1.72. The lowest BCUT2D eigenvalue weighted by Crippen LogP contribution is -2.41. The van der Waals surface area contributed by atoms with Gasteiger partial charge in [0.1, 0.15) is 6.54 Å². The van der Waals surface area contributed by atoms with Gasteiger partial charge in [-0.05, 0) is 30.2 Å². The van der Waals surface area contributed by atoms with Gasteiger partial charge in [-0.2, -0.15) is 0 Å². The Labute approximate surface area is 175 Å². The number of carbonyl (C=O) groups is 1. The molecule has 0 fully saturated rings. The average Bonchev–Trinajstić information content (AvgIpc) is 3.03. The van der Waals surface area contributed by atoms with Crippen LogP contribution in [0.5, 0.6) is 0 Å². The highest BCUT2D eigenvalue weighted by Gasteiger charge is 2.29. The van der Waals surface area contributed by atoms with E-state index in [-0.39, 0.29) is 23.6 Å². The van der Waals surface area contributed by atoms with Crippen molar-refractivity contribution in [2.45, 2.75) is 18.9 Å². The highest BCUT2D eigenvalue weighted by atomic mass is 16.2. The average molecular weight is 399 g/mol. The minimum absolute atomic E-state index is 0.0140. The number of para-hydroxylation sites is 2. The maximum Gasteiger partial charge on any atom is 0.329 e. The molecule has 1 N–H and O–H groups in total. The number of nitrogens with zero attached hydrogens (tertiary/aromatic N) is 2. The first-order valence-electron chi connectivity index (χ1n) is 10.0. The van der Waals surface area contributed by atoms with Crippen LogP contribution in [0.4, 0.5) is 0 Å². The van der Waals surface area contributed by atoms with Crippen LogP contribution in [0.2, 0.25) is 0 Å². The molecule has 152 valence electrons. The first-order chi connectivity index (χ1) is 14.5.